The monoisotopic (exact) mass is 479 g/mol. The van der Waals surface area contributed by atoms with Crippen LogP contribution in [0.2, 0.25) is 0 Å². The van der Waals surface area contributed by atoms with Crippen LogP contribution in [0.4, 0.5) is 5.69 Å². The number of nitrogens with one attached hydrogen (secondary N) is 1. The van der Waals surface area contributed by atoms with Gasteiger partial charge in [-0.25, -0.2) is 4.99 Å². The lowest BCUT2D eigenvalue weighted by Gasteiger charge is -2.12. The Morgan fingerprint density at radius 1 is 0.871 bits per heavy atom. The number of hydrogen-bond donors (Lipinski definition) is 1. The summed E-state index contributed by atoms with van der Waals surface area (Å²) in [6.45, 7) is 2.59. The number of benzene rings is 3. The van der Waals surface area contributed by atoms with Crippen LogP contribution >= 0.6 is 15.9 Å². The van der Waals surface area contributed by atoms with Crippen LogP contribution in [0, 0.1) is 0 Å². The number of rotatable bonds is 6. The molecular weight excluding hydrogens is 458 g/mol. The van der Waals surface area contributed by atoms with Crippen LogP contribution in [-0.2, 0) is 0 Å². The Bertz CT molecular complexity index is 1160. The zero-order chi connectivity index (χ0) is 21.8. The Morgan fingerprint density at radius 2 is 1.61 bits per heavy atom. The highest BCUT2D eigenvalue weighted by Gasteiger charge is 2.19. The average molecular weight is 480 g/mol. The molecular formula is C24H22BrN3O3. The quantitative estimate of drug-likeness (QED) is 0.520. The van der Waals surface area contributed by atoms with E-state index in [0.29, 0.717) is 23.9 Å². The average Bonchev–Trinajstić information content (AvgIpc) is 2.99. The molecule has 0 aromatic heterocycles. The highest BCUT2D eigenvalue weighted by atomic mass is 79.9. The van der Waals surface area contributed by atoms with Gasteiger partial charge in [-0.15, -0.1) is 0 Å². The molecule has 0 unspecified atom stereocenters. The van der Waals surface area contributed by atoms with Crippen molar-refractivity contribution in [3.05, 3.63) is 81.8 Å². The molecule has 0 amide bonds. The maximum absolute atomic E-state index is 5.54. The molecule has 0 atom stereocenters. The fourth-order valence-corrected chi connectivity index (χ4v) is 3.68. The Labute approximate surface area is 189 Å². The summed E-state index contributed by atoms with van der Waals surface area (Å²) in [6.07, 6.45) is 0. The van der Waals surface area contributed by atoms with E-state index in [2.05, 4.69) is 21.4 Å². The summed E-state index contributed by atoms with van der Waals surface area (Å²) in [6, 6.07) is 19.5. The minimum Gasteiger partial charge on any atom is -0.494 e. The van der Waals surface area contributed by atoms with Gasteiger partial charge in [0.15, 0.2) is 17.3 Å². The van der Waals surface area contributed by atoms with Gasteiger partial charge < -0.3 is 14.2 Å². The second kappa shape index (κ2) is 9.22. The highest BCUT2D eigenvalue weighted by molar-refractivity contribution is 9.10. The first-order valence-corrected chi connectivity index (χ1v) is 10.6. The summed E-state index contributed by atoms with van der Waals surface area (Å²) in [5, 5.41) is 4.71. The lowest BCUT2D eigenvalue weighted by atomic mass is 10.0. The molecule has 0 saturated heterocycles. The van der Waals surface area contributed by atoms with Gasteiger partial charge in [0.2, 0.25) is 0 Å². The van der Waals surface area contributed by atoms with Gasteiger partial charge in [-0.05, 0) is 67.6 Å². The summed E-state index contributed by atoms with van der Waals surface area (Å²) in [4.78, 5) is 4.85. The Balaban J connectivity index is 1.79. The van der Waals surface area contributed by atoms with Crippen molar-refractivity contribution < 1.29 is 14.2 Å². The number of ether oxygens (including phenoxy) is 3. The summed E-state index contributed by atoms with van der Waals surface area (Å²) < 4.78 is 17.3. The van der Waals surface area contributed by atoms with E-state index in [1.165, 1.54) is 0 Å². The lowest BCUT2D eigenvalue weighted by Crippen LogP contribution is -2.19. The predicted molar refractivity (Wildman–Crippen MR) is 126 cm³/mol. The van der Waals surface area contributed by atoms with Gasteiger partial charge >= 0.3 is 0 Å². The molecule has 0 radical (unpaired) electrons. The number of fused-ring (bicyclic) bond motifs is 1. The van der Waals surface area contributed by atoms with Crippen LogP contribution in [0.15, 0.2) is 75.2 Å². The molecule has 1 aliphatic heterocycles. The van der Waals surface area contributed by atoms with Crippen molar-refractivity contribution >= 4 is 33.2 Å². The van der Waals surface area contributed by atoms with Gasteiger partial charge in [0.1, 0.15) is 11.5 Å². The molecule has 3 aromatic carbocycles. The largest absolute Gasteiger partial charge is 0.494 e. The summed E-state index contributed by atoms with van der Waals surface area (Å²) in [5.74, 6) is 2.77. The number of aliphatic imine (C=N–C) groups is 1. The van der Waals surface area contributed by atoms with Crippen molar-refractivity contribution in [1.29, 1.82) is 0 Å². The van der Waals surface area contributed by atoms with Gasteiger partial charge in [-0.2, -0.15) is 5.10 Å². The fraction of sp³-hybridized carbons (Fsp3) is 0.167. The van der Waals surface area contributed by atoms with Gasteiger partial charge in [0.05, 0.1) is 26.5 Å². The molecule has 3 aromatic rings. The second-order valence-electron chi connectivity index (χ2n) is 6.72. The minimum absolute atomic E-state index is 0.625. The van der Waals surface area contributed by atoms with Crippen molar-refractivity contribution in [3.63, 3.8) is 0 Å². The van der Waals surface area contributed by atoms with Crippen molar-refractivity contribution in [1.82, 2.24) is 5.43 Å². The molecule has 31 heavy (non-hydrogen) atoms. The zero-order valence-electron chi connectivity index (χ0n) is 17.5. The third-order valence-corrected chi connectivity index (χ3v) is 5.31. The molecule has 0 aliphatic carbocycles. The Kier molecular flexibility index (Phi) is 6.23. The minimum atomic E-state index is 0.625. The number of halogens is 1. The normalized spacial score (nSPS) is 12.6. The van der Waals surface area contributed by atoms with E-state index in [1.807, 2.05) is 67.6 Å². The van der Waals surface area contributed by atoms with E-state index >= 15 is 0 Å². The standard InChI is InChI=1S/C24H22BrN3O3/c1-4-31-18-9-5-15(6-10-18)24-26-20-11-8-17(25)14-19(20)23(27-28-24)16-7-12-21(29-2)22(13-16)30-3/h5-14H,4H2,1-3H3,(H,26,28). The zero-order valence-corrected chi connectivity index (χ0v) is 19.1. The first kappa shape index (κ1) is 20.9. The van der Waals surface area contributed by atoms with E-state index in [1.54, 1.807) is 14.2 Å². The van der Waals surface area contributed by atoms with Crippen LogP contribution in [0.1, 0.15) is 23.6 Å². The van der Waals surface area contributed by atoms with Crippen LogP contribution in [0.25, 0.3) is 0 Å². The third kappa shape index (κ3) is 4.41. The summed E-state index contributed by atoms with van der Waals surface area (Å²) in [5.41, 5.74) is 7.39. The lowest BCUT2D eigenvalue weighted by molar-refractivity contribution is 0.340. The van der Waals surface area contributed by atoms with Gasteiger partial charge in [0, 0.05) is 21.2 Å². The van der Waals surface area contributed by atoms with Crippen molar-refractivity contribution in [3.8, 4) is 17.2 Å². The van der Waals surface area contributed by atoms with Crippen molar-refractivity contribution in [2.24, 2.45) is 10.1 Å². The number of methoxy groups -OCH3 is 2. The fourth-order valence-electron chi connectivity index (χ4n) is 3.32. The first-order chi connectivity index (χ1) is 15.1. The first-order valence-electron chi connectivity index (χ1n) is 9.81. The van der Waals surface area contributed by atoms with E-state index in [0.717, 1.165) is 38.3 Å². The van der Waals surface area contributed by atoms with Gasteiger partial charge in [-0.1, -0.05) is 15.9 Å². The molecule has 1 heterocycles. The molecule has 4 rings (SSSR count). The SMILES string of the molecule is CCOc1ccc(C2=Nc3ccc(Br)cc3C(c3ccc(OC)c(OC)c3)=NN2)cc1. The Hall–Kier alpha value is -3.32. The molecule has 6 nitrogen and oxygen atoms in total. The van der Waals surface area contributed by atoms with E-state index < -0.39 is 0 Å². The maximum Gasteiger partial charge on any atom is 0.161 e. The van der Waals surface area contributed by atoms with Crippen molar-refractivity contribution in [2.75, 3.05) is 20.8 Å². The summed E-state index contributed by atoms with van der Waals surface area (Å²) >= 11 is 3.57. The van der Waals surface area contributed by atoms with E-state index in [-0.39, 0.29) is 0 Å². The van der Waals surface area contributed by atoms with Gasteiger partial charge in [0.25, 0.3) is 0 Å². The number of amidine groups is 1. The molecule has 1 N–H and O–H groups in total. The predicted octanol–water partition coefficient (Wildman–Crippen LogP) is 5.30. The molecule has 1 aliphatic rings. The molecule has 0 spiro atoms. The molecule has 158 valence electrons. The number of nitrogens with zero attached hydrogens (tertiary/aromatic N) is 2. The van der Waals surface area contributed by atoms with Crippen LogP contribution in [-0.4, -0.2) is 32.4 Å². The number of hydrazone groups is 1. The molecule has 0 saturated carbocycles. The number of hydrogen-bond acceptors (Lipinski definition) is 6. The Morgan fingerprint density at radius 3 is 2.32 bits per heavy atom. The molecule has 0 fully saturated rings. The summed E-state index contributed by atoms with van der Waals surface area (Å²) in [7, 11) is 3.23. The molecule has 0 bridgehead atoms. The maximum atomic E-state index is 5.54. The smallest absolute Gasteiger partial charge is 0.161 e. The van der Waals surface area contributed by atoms with Crippen LogP contribution in [0.5, 0.6) is 17.2 Å². The van der Waals surface area contributed by atoms with Crippen LogP contribution < -0.4 is 19.6 Å². The van der Waals surface area contributed by atoms with Crippen molar-refractivity contribution in [2.45, 2.75) is 6.92 Å². The van der Waals surface area contributed by atoms with E-state index in [9.17, 15) is 0 Å². The van der Waals surface area contributed by atoms with Crippen LogP contribution in [0.3, 0.4) is 0 Å². The topological polar surface area (TPSA) is 64.4 Å². The third-order valence-electron chi connectivity index (χ3n) is 4.82. The van der Waals surface area contributed by atoms with E-state index in [4.69, 9.17) is 24.3 Å². The molecule has 7 heteroatoms. The second-order valence-corrected chi connectivity index (χ2v) is 7.64. The van der Waals surface area contributed by atoms with Gasteiger partial charge in [-0.3, -0.25) is 5.43 Å². The highest BCUT2D eigenvalue weighted by Crippen LogP contribution is 2.32.